The van der Waals surface area contributed by atoms with Crippen LogP contribution in [-0.4, -0.2) is 68.5 Å². The lowest BCUT2D eigenvalue weighted by Gasteiger charge is -2.31. The number of aliphatic imine (C=N–C) groups is 1. The monoisotopic (exact) mass is 565 g/mol. The minimum absolute atomic E-state index is 0. The van der Waals surface area contributed by atoms with Crippen molar-refractivity contribution >= 4 is 46.1 Å². The van der Waals surface area contributed by atoms with Crippen LogP contribution in [0.3, 0.4) is 0 Å². The molecule has 2 saturated heterocycles. The van der Waals surface area contributed by atoms with Crippen LogP contribution in [0, 0.1) is 0 Å². The highest BCUT2D eigenvalue weighted by atomic mass is 127. The van der Waals surface area contributed by atoms with Gasteiger partial charge < -0.3 is 20.7 Å². The van der Waals surface area contributed by atoms with Gasteiger partial charge in [0.15, 0.2) is 5.96 Å². The average molecular weight is 565 g/mol. The Morgan fingerprint density at radius 1 is 1.16 bits per heavy atom. The third kappa shape index (κ3) is 6.94. The number of amides is 1. The maximum atomic E-state index is 12.6. The number of nitrogens with zero attached hydrogens (tertiary/aromatic N) is 3. The Bertz CT molecular complexity index is 849. The van der Waals surface area contributed by atoms with E-state index in [0.717, 1.165) is 31.2 Å². The Kier molecular flexibility index (Phi) is 9.82. The zero-order chi connectivity index (χ0) is 21.6. The second-order valence-electron chi connectivity index (χ2n) is 7.56. The number of likely N-dealkylation sites (tertiary alicyclic amines) is 1. The lowest BCUT2D eigenvalue weighted by molar-refractivity contribution is 0.0963. The van der Waals surface area contributed by atoms with Gasteiger partial charge in [-0.05, 0) is 50.3 Å². The zero-order valence-corrected chi connectivity index (χ0v) is 21.0. The number of carbonyl (C=O) groups excluding carboxylic acids is 1. The average Bonchev–Trinajstić information content (AvgIpc) is 3.29. The minimum Gasteiger partial charge on any atom is -0.450 e. The van der Waals surface area contributed by atoms with Gasteiger partial charge in [0.2, 0.25) is 10.0 Å². The lowest BCUT2D eigenvalue weighted by Crippen LogP contribution is -2.48. The van der Waals surface area contributed by atoms with E-state index in [1.165, 1.54) is 4.31 Å². The molecule has 3 rings (SSSR count). The number of rotatable bonds is 6. The van der Waals surface area contributed by atoms with Crippen molar-refractivity contribution in [3.63, 3.8) is 0 Å². The predicted octanol–water partition coefficient (Wildman–Crippen LogP) is 2.11. The molecule has 174 valence electrons. The van der Waals surface area contributed by atoms with Crippen molar-refractivity contribution in [1.29, 1.82) is 0 Å². The number of benzene rings is 1. The van der Waals surface area contributed by atoms with Crippen molar-refractivity contribution in [2.75, 3.05) is 32.8 Å². The molecule has 0 aliphatic carbocycles. The summed E-state index contributed by atoms with van der Waals surface area (Å²) in [5.74, 6) is 0.346. The smallest absolute Gasteiger partial charge is 0.409 e. The van der Waals surface area contributed by atoms with Crippen LogP contribution in [-0.2, 0) is 21.3 Å². The molecule has 1 aromatic carbocycles. The van der Waals surface area contributed by atoms with Crippen LogP contribution >= 0.6 is 24.0 Å². The van der Waals surface area contributed by atoms with Crippen molar-refractivity contribution < 1.29 is 17.9 Å². The SMILES string of the molecule is CCOC(=O)N1CCC(NC(N)=NCc2ccc(S(=O)(=O)N3CCCC3)cc2)CC1.I. The molecular weight excluding hydrogens is 533 g/mol. The van der Waals surface area contributed by atoms with E-state index in [9.17, 15) is 13.2 Å². The van der Waals surface area contributed by atoms with Crippen molar-refractivity contribution in [2.45, 2.75) is 50.1 Å². The number of nitrogens with two attached hydrogens (primary N) is 1. The van der Waals surface area contributed by atoms with E-state index in [1.807, 2.05) is 0 Å². The van der Waals surface area contributed by atoms with Gasteiger partial charge in [-0.15, -0.1) is 24.0 Å². The van der Waals surface area contributed by atoms with E-state index in [2.05, 4.69) is 10.3 Å². The summed E-state index contributed by atoms with van der Waals surface area (Å²) < 4.78 is 31.7. The summed E-state index contributed by atoms with van der Waals surface area (Å²) in [6.07, 6.45) is 3.11. The van der Waals surface area contributed by atoms with Crippen LogP contribution < -0.4 is 11.1 Å². The molecule has 0 saturated carbocycles. The highest BCUT2D eigenvalue weighted by molar-refractivity contribution is 14.0. The number of guanidine groups is 1. The lowest BCUT2D eigenvalue weighted by atomic mass is 10.1. The summed E-state index contributed by atoms with van der Waals surface area (Å²) in [6.45, 7) is 4.97. The van der Waals surface area contributed by atoms with Crippen LogP contribution in [0.4, 0.5) is 4.79 Å². The molecule has 0 radical (unpaired) electrons. The predicted molar refractivity (Wildman–Crippen MR) is 130 cm³/mol. The maximum absolute atomic E-state index is 12.6. The quantitative estimate of drug-likeness (QED) is 0.310. The van der Waals surface area contributed by atoms with Gasteiger partial charge >= 0.3 is 6.09 Å². The molecule has 0 unspecified atom stereocenters. The van der Waals surface area contributed by atoms with E-state index in [4.69, 9.17) is 10.5 Å². The van der Waals surface area contributed by atoms with Crippen molar-refractivity contribution in [3.05, 3.63) is 29.8 Å². The molecule has 2 fully saturated rings. The van der Waals surface area contributed by atoms with E-state index in [1.54, 1.807) is 36.1 Å². The normalized spacial score (nSPS) is 18.5. The molecule has 3 N–H and O–H groups in total. The fourth-order valence-electron chi connectivity index (χ4n) is 3.70. The first-order valence-electron chi connectivity index (χ1n) is 10.5. The fraction of sp³-hybridized carbons (Fsp3) is 0.600. The fourth-order valence-corrected chi connectivity index (χ4v) is 5.21. The molecule has 1 aromatic rings. The summed E-state index contributed by atoms with van der Waals surface area (Å²) in [5.41, 5.74) is 6.89. The van der Waals surface area contributed by atoms with Gasteiger partial charge in [0.25, 0.3) is 0 Å². The molecule has 0 aromatic heterocycles. The Morgan fingerprint density at radius 3 is 2.35 bits per heavy atom. The molecular formula is C20H32IN5O4S. The number of nitrogens with one attached hydrogen (secondary N) is 1. The summed E-state index contributed by atoms with van der Waals surface area (Å²) in [5, 5.41) is 3.20. The molecule has 2 heterocycles. The first kappa shape index (κ1) is 25.7. The third-order valence-electron chi connectivity index (χ3n) is 5.43. The van der Waals surface area contributed by atoms with Gasteiger partial charge in [0.1, 0.15) is 0 Å². The number of carbonyl (C=O) groups is 1. The van der Waals surface area contributed by atoms with E-state index in [0.29, 0.717) is 50.2 Å². The van der Waals surface area contributed by atoms with Crippen molar-refractivity contribution in [3.8, 4) is 0 Å². The van der Waals surface area contributed by atoms with Gasteiger partial charge in [0, 0.05) is 32.2 Å². The standard InChI is InChI=1S/C20H31N5O4S.HI/c1-2-29-20(26)24-13-9-17(10-14-24)23-19(21)22-15-16-5-7-18(8-6-16)30(27,28)25-11-3-4-12-25;/h5-8,17H,2-4,9-15H2,1H3,(H3,21,22,23);1H. The maximum Gasteiger partial charge on any atom is 0.409 e. The highest BCUT2D eigenvalue weighted by Gasteiger charge is 2.27. The third-order valence-corrected chi connectivity index (χ3v) is 7.34. The Morgan fingerprint density at radius 2 is 1.77 bits per heavy atom. The summed E-state index contributed by atoms with van der Waals surface area (Å²) in [6, 6.07) is 6.97. The molecule has 1 amide bonds. The van der Waals surface area contributed by atoms with Crippen LogP contribution in [0.2, 0.25) is 0 Å². The van der Waals surface area contributed by atoms with Crippen LogP contribution in [0.1, 0.15) is 38.2 Å². The van der Waals surface area contributed by atoms with E-state index >= 15 is 0 Å². The van der Waals surface area contributed by atoms with Crippen molar-refractivity contribution in [1.82, 2.24) is 14.5 Å². The molecule has 31 heavy (non-hydrogen) atoms. The number of hydrogen-bond donors (Lipinski definition) is 2. The second-order valence-corrected chi connectivity index (χ2v) is 9.50. The highest BCUT2D eigenvalue weighted by Crippen LogP contribution is 2.21. The molecule has 0 bridgehead atoms. The van der Waals surface area contributed by atoms with Gasteiger partial charge in [0.05, 0.1) is 18.0 Å². The Hall–Kier alpha value is -1.60. The number of sulfonamides is 1. The molecule has 2 aliphatic heterocycles. The van der Waals surface area contributed by atoms with Gasteiger partial charge in [-0.1, -0.05) is 12.1 Å². The first-order valence-corrected chi connectivity index (χ1v) is 11.9. The molecule has 0 spiro atoms. The molecule has 9 nitrogen and oxygen atoms in total. The molecule has 0 atom stereocenters. The van der Waals surface area contributed by atoms with E-state index in [-0.39, 0.29) is 36.1 Å². The summed E-state index contributed by atoms with van der Waals surface area (Å²) in [7, 11) is -3.40. The second kappa shape index (κ2) is 11.9. The summed E-state index contributed by atoms with van der Waals surface area (Å²) in [4.78, 5) is 18.1. The van der Waals surface area contributed by atoms with E-state index < -0.39 is 10.0 Å². The Balaban J connectivity index is 0.00000341. The van der Waals surface area contributed by atoms with Crippen LogP contribution in [0.25, 0.3) is 0 Å². The first-order chi connectivity index (χ1) is 14.4. The Labute approximate surface area is 201 Å². The topological polar surface area (TPSA) is 117 Å². The van der Waals surface area contributed by atoms with Gasteiger partial charge in [-0.3, -0.25) is 0 Å². The zero-order valence-electron chi connectivity index (χ0n) is 17.8. The summed E-state index contributed by atoms with van der Waals surface area (Å²) >= 11 is 0. The van der Waals surface area contributed by atoms with Gasteiger partial charge in [-0.2, -0.15) is 4.31 Å². The largest absolute Gasteiger partial charge is 0.450 e. The number of halogens is 1. The van der Waals surface area contributed by atoms with Crippen molar-refractivity contribution in [2.24, 2.45) is 10.7 Å². The number of piperidine rings is 1. The molecule has 11 heteroatoms. The molecule has 2 aliphatic rings. The minimum atomic E-state index is -3.40. The number of hydrogen-bond acceptors (Lipinski definition) is 5. The van der Waals surface area contributed by atoms with Crippen LogP contribution in [0.5, 0.6) is 0 Å². The number of ether oxygens (including phenoxy) is 1. The van der Waals surface area contributed by atoms with Crippen LogP contribution in [0.15, 0.2) is 34.2 Å². The van der Waals surface area contributed by atoms with Gasteiger partial charge in [-0.25, -0.2) is 18.2 Å².